The van der Waals surface area contributed by atoms with Gasteiger partial charge in [0.15, 0.2) is 22.4 Å². The van der Waals surface area contributed by atoms with Crippen LogP contribution >= 0.6 is 11.3 Å². The second-order valence-corrected chi connectivity index (χ2v) is 7.01. The van der Waals surface area contributed by atoms with E-state index in [4.69, 9.17) is 14.2 Å². The Labute approximate surface area is 161 Å². The quantitative estimate of drug-likeness (QED) is 0.651. The number of nitrogens with one attached hydrogen (secondary N) is 1. The van der Waals surface area contributed by atoms with Gasteiger partial charge in [-0.1, -0.05) is 6.07 Å². The van der Waals surface area contributed by atoms with E-state index >= 15 is 0 Å². The Morgan fingerprint density at radius 1 is 1.15 bits per heavy atom. The molecule has 0 aliphatic carbocycles. The number of nitrogens with zero attached hydrogens (tertiary/aromatic N) is 3. The molecular formula is C19H20N4O3S. The van der Waals surface area contributed by atoms with Crippen LogP contribution in [0.25, 0.3) is 0 Å². The van der Waals surface area contributed by atoms with Gasteiger partial charge in [0.05, 0.1) is 12.8 Å². The maximum Gasteiger partial charge on any atom is 0.219 e. The summed E-state index contributed by atoms with van der Waals surface area (Å²) >= 11 is 1.50. The van der Waals surface area contributed by atoms with Crippen molar-refractivity contribution in [3.05, 3.63) is 48.2 Å². The van der Waals surface area contributed by atoms with Crippen LogP contribution in [-0.2, 0) is 4.74 Å². The van der Waals surface area contributed by atoms with E-state index in [1.54, 1.807) is 24.7 Å². The predicted octanol–water partition coefficient (Wildman–Crippen LogP) is 4.27. The Morgan fingerprint density at radius 2 is 2.07 bits per heavy atom. The highest BCUT2D eigenvalue weighted by Gasteiger charge is 2.17. The van der Waals surface area contributed by atoms with Crippen LogP contribution < -0.4 is 14.8 Å². The summed E-state index contributed by atoms with van der Waals surface area (Å²) in [6.45, 7) is 2.20. The van der Waals surface area contributed by atoms with Crippen LogP contribution in [0, 0.1) is 5.92 Å². The summed E-state index contributed by atoms with van der Waals surface area (Å²) in [5.74, 6) is 2.80. The SMILES string of the molecule is c1ccc(Oc2cnc(Nc3nccs3)c(OCC3CCOCC3)c2)nc1. The molecule has 0 spiro atoms. The molecule has 0 saturated carbocycles. The molecule has 3 aromatic heterocycles. The van der Waals surface area contributed by atoms with Crippen molar-refractivity contribution in [2.75, 3.05) is 25.1 Å². The lowest BCUT2D eigenvalue weighted by molar-refractivity contribution is 0.0498. The van der Waals surface area contributed by atoms with Gasteiger partial charge in [0, 0.05) is 43.1 Å². The van der Waals surface area contributed by atoms with E-state index in [-0.39, 0.29) is 0 Å². The molecule has 8 heteroatoms. The molecule has 3 aromatic rings. The molecule has 0 unspecified atom stereocenters. The molecule has 4 rings (SSSR count). The molecule has 1 aliphatic heterocycles. The number of thiazole rings is 1. The summed E-state index contributed by atoms with van der Waals surface area (Å²) in [6.07, 6.45) is 7.09. The third-order valence-corrected chi connectivity index (χ3v) is 4.85. The van der Waals surface area contributed by atoms with Gasteiger partial charge < -0.3 is 19.5 Å². The lowest BCUT2D eigenvalue weighted by Gasteiger charge is -2.22. The summed E-state index contributed by atoms with van der Waals surface area (Å²) in [7, 11) is 0. The molecule has 1 saturated heterocycles. The third-order valence-electron chi connectivity index (χ3n) is 4.16. The fourth-order valence-corrected chi connectivity index (χ4v) is 3.25. The van der Waals surface area contributed by atoms with Gasteiger partial charge in [-0.3, -0.25) is 0 Å². The van der Waals surface area contributed by atoms with E-state index in [0.29, 0.717) is 35.7 Å². The molecule has 0 radical (unpaired) electrons. The van der Waals surface area contributed by atoms with Crippen molar-refractivity contribution >= 4 is 22.3 Å². The van der Waals surface area contributed by atoms with E-state index in [0.717, 1.165) is 31.2 Å². The third kappa shape index (κ3) is 4.93. The van der Waals surface area contributed by atoms with Gasteiger partial charge in [0.1, 0.15) is 0 Å². The average molecular weight is 384 g/mol. The minimum absolute atomic E-state index is 0.479. The number of hydrogen-bond acceptors (Lipinski definition) is 8. The fraction of sp³-hybridized carbons (Fsp3) is 0.316. The van der Waals surface area contributed by atoms with E-state index in [1.165, 1.54) is 11.3 Å². The Bertz CT molecular complexity index is 839. The zero-order chi connectivity index (χ0) is 18.3. The molecule has 4 heterocycles. The van der Waals surface area contributed by atoms with Crippen molar-refractivity contribution in [2.45, 2.75) is 12.8 Å². The zero-order valence-corrected chi connectivity index (χ0v) is 15.5. The maximum absolute atomic E-state index is 6.10. The minimum atomic E-state index is 0.479. The zero-order valence-electron chi connectivity index (χ0n) is 14.7. The second kappa shape index (κ2) is 8.79. The Hall–Kier alpha value is -2.71. The van der Waals surface area contributed by atoms with Gasteiger partial charge in [-0.2, -0.15) is 0 Å². The van der Waals surface area contributed by atoms with E-state index in [9.17, 15) is 0 Å². The molecule has 0 bridgehead atoms. The number of rotatable bonds is 7. The monoisotopic (exact) mass is 384 g/mol. The summed E-state index contributed by atoms with van der Waals surface area (Å²) in [4.78, 5) is 12.9. The van der Waals surface area contributed by atoms with Gasteiger partial charge >= 0.3 is 0 Å². The molecule has 1 N–H and O–H groups in total. The minimum Gasteiger partial charge on any atom is -0.489 e. The lowest BCUT2D eigenvalue weighted by Crippen LogP contribution is -2.21. The first-order valence-corrected chi connectivity index (χ1v) is 9.71. The van der Waals surface area contributed by atoms with Crippen LogP contribution in [0.5, 0.6) is 17.4 Å². The van der Waals surface area contributed by atoms with Crippen LogP contribution in [0.3, 0.4) is 0 Å². The maximum atomic E-state index is 6.10. The summed E-state index contributed by atoms with van der Waals surface area (Å²) in [6, 6.07) is 7.34. The van der Waals surface area contributed by atoms with Gasteiger partial charge in [0.2, 0.25) is 5.88 Å². The average Bonchev–Trinajstić information content (AvgIpc) is 3.23. The van der Waals surface area contributed by atoms with Gasteiger partial charge in [-0.25, -0.2) is 15.0 Å². The van der Waals surface area contributed by atoms with Gasteiger partial charge in [-0.15, -0.1) is 11.3 Å². The van der Waals surface area contributed by atoms with Crippen molar-refractivity contribution in [3.63, 3.8) is 0 Å². The number of hydrogen-bond donors (Lipinski definition) is 1. The van der Waals surface area contributed by atoms with Gasteiger partial charge in [0.25, 0.3) is 0 Å². The topological polar surface area (TPSA) is 78.4 Å². The molecule has 0 atom stereocenters. The highest BCUT2D eigenvalue weighted by molar-refractivity contribution is 7.13. The molecule has 1 fully saturated rings. The van der Waals surface area contributed by atoms with E-state index in [2.05, 4.69) is 20.3 Å². The van der Waals surface area contributed by atoms with Crippen LogP contribution in [0.1, 0.15) is 12.8 Å². The Kier molecular flexibility index (Phi) is 5.76. The smallest absolute Gasteiger partial charge is 0.219 e. The van der Waals surface area contributed by atoms with Crippen LogP contribution in [0.4, 0.5) is 10.9 Å². The van der Waals surface area contributed by atoms with Crippen LogP contribution in [0.15, 0.2) is 48.2 Å². The molecule has 7 nitrogen and oxygen atoms in total. The largest absolute Gasteiger partial charge is 0.489 e. The molecule has 1 aliphatic rings. The number of ether oxygens (including phenoxy) is 3. The standard InChI is InChI=1S/C19H20N4O3S/c1-2-6-20-17(3-1)26-15-11-16(25-13-14-4-8-24-9-5-14)18(22-12-15)23-19-21-7-10-27-19/h1-3,6-7,10-12,14H,4-5,8-9,13H2,(H,21,22,23). The highest BCUT2D eigenvalue weighted by atomic mass is 32.1. The normalized spacial score (nSPS) is 14.7. The van der Waals surface area contributed by atoms with Crippen molar-refractivity contribution < 1.29 is 14.2 Å². The molecule has 27 heavy (non-hydrogen) atoms. The summed E-state index contributed by atoms with van der Waals surface area (Å²) < 4.78 is 17.3. The van der Waals surface area contributed by atoms with Crippen molar-refractivity contribution in [1.29, 1.82) is 0 Å². The van der Waals surface area contributed by atoms with E-state index < -0.39 is 0 Å². The molecule has 0 amide bonds. The number of anilines is 2. The first-order valence-electron chi connectivity index (χ1n) is 8.83. The molecule has 0 aromatic carbocycles. The van der Waals surface area contributed by atoms with Crippen LogP contribution in [-0.4, -0.2) is 34.8 Å². The lowest BCUT2D eigenvalue weighted by atomic mass is 10.0. The summed E-state index contributed by atoms with van der Waals surface area (Å²) in [5.41, 5.74) is 0. The Balaban J connectivity index is 1.52. The van der Waals surface area contributed by atoms with Crippen LogP contribution in [0.2, 0.25) is 0 Å². The van der Waals surface area contributed by atoms with Crippen molar-refractivity contribution in [1.82, 2.24) is 15.0 Å². The Morgan fingerprint density at radius 3 is 2.85 bits per heavy atom. The first-order chi connectivity index (χ1) is 13.4. The molecular weight excluding hydrogens is 364 g/mol. The number of aromatic nitrogens is 3. The number of pyridine rings is 2. The molecule has 140 valence electrons. The first kappa shape index (κ1) is 17.7. The second-order valence-electron chi connectivity index (χ2n) is 6.12. The van der Waals surface area contributed by atoms with Crippen molar-refractivity contribution in [2.24, 2.45) is 5.92 Å². The fourth-order valence-electron chi connectivity index (χ4n) is 2.72. The highest BCUT2D eigenvalue weighted by Crippen LogP contribution is 2.32. The summed E-state index contributed by atoms with van der Waals surface area (Å²) in [5, 5.41) is 5.87. The predicted molar refractivity (Wildman–Crippen MR) is 103 cm³/mol. The van der Waals surface area contributed by atoms with Gasteiger partial charge in [-0.05, 0) is 24.8 Å². The van der Waals surface area contributed by atoms with Crippen molar-refractivity contribution in [3.8, 4) is 17.4 Å². The van der Waals surface area contributed by atoms with E-state index in [1.807, 2.05) is 23.6 Å².